The Morgan fingerprint density at radius 2 is 1.93 bits per heavy atom. The predicted molar refractivity (Wildman–Crippen MR) is 63.7 cm³/mol. The van der Waals surface area contributed by atoms with E-state index < -0.39 is 10.0 Å². The Kier molecular flexibility index (Phi) is 4.87. The molecule has 1 saturated carbocycles. The SMILES string of the molecule is CC(Cl)CCN(C)S(=O)(=O)C1CCCC1. The third kappa shape index (κ3) is 3.61. The van der Waals surface area contributed by atoms with Crippen LogP contribution >= 0.6 is 11.6 Å². The Morgan fingerprint density at radius 1 is 1.40 bits per heavy atom. The second-order valence-electron chi connectivity index (χ2n) is 4.34. The summed E-state index contributed by atoms with van der Waals surface area (Å²) in [6, 6.07) is 0. The second-order valence-corrected chi connectivity index (χ2v) is 7.41. The lowest BCUT2D eigenvalue weighted by Gasteiger charge is -2.21. The van der Waals surface area contributed by atoms with Gasteiger partial charge in [-0.2, -0.15) is 0 Å². The zero-order valence-electron chi connectivity index (χ0n) is 9.45. The van der Waals surface area contributed by atoms with Gasteiger partial charge < -0.3 is 0 Å². The fourth-order valence-electron chi connectivity index (χ4n) is 1.93. The molecular weight excluding hydrogens is 234 g/mol. The molecule has 0 aromatic heterocycles. The van der Waals surface area contributed by atoms with Crippen LogP contribution in [0.2, 0.25) is 0 Å². The van der Waals surface area contributed by atoms with Crippen LogP contribution in [0.3, 0.4) is 0 Å². The van der Waals surface area contributed by atoms with Gasteiger partial charge in [-0.15, -0.1) is 11.6 Å². The van der Waals surface area contributed by atoms with Gasteiger partial charge in [0.15, 0.2) is 0 Å². The first-order valence-electron chi connectivity index (χ1n) is 5.54. The van der Waals surface area contributed by atoms with Crippen molar-refractivity contribution >= 4 is 21.6 Å². The van der Waals surface area contributed by atoms with Crippen molar-refractivity contribution in [3.8, 4) is 0 Å². The quantitative estimate of drug-likeness (QED) is 0.705. The van der Waals surface area contributed by atoms with Crippen LogP contribution in [0.1, 0.15) is 39.0 Å². The maximum absolute atomic E-state index is 12.0. The third-order valence-corrected chi connectivity index (χ3v) is 5.58. The molecule has 15 heavy (non-hydrogen) atoms. The van der Waals surface area contributed by atoms with E-state index in [9.17, 15) is 8.42 Å². The average molecular weight is 254 g/mol. The van der Waals surface area contributed by atoms with Gasteiger partial charge in [0.2, 0.25) is 10.0 Å². The fraction of sp³-hybridized carbons (Fsp3) is 1.00. The number of nitrogens with zero attached hydrogens (tertiary/aromatic N) is 1. The van der Waals surface area contributed by atoms with Crippen molar-refractivity contribution in [3.63, 3.8) is 0 Å². The largest absolute Gasteiger partial charge is 0.216 e. The summed E-state index contributed by atoms with van der Waals surface area (Å²) in [7, 11) is -1.40. The van der Waals surface area contributed by atoms with Gasteiger partial charge in [0.25, 0.3) is 0 Å². The molecule has 0 heterocycles. The first-order valence-corrected chi connectivity index (χ1v) is 7.48. The van der Waals surface area contributed by atoms with Gasteiger partial charge >= 0.3 is 0 Å². The van der Waals surface area contributed by atoms with Crippen molar-refractivity contribution in [2.75, 3.05) is 13.6 Å². The lowest BCUT2D eigenvalue weighted by atomic mass is 10.3. The summed E-state index contributed by atoms with van der Waals surface area (Å²) in [5.41, 5.74) is 0. The average Bonchev–Trinajstić information content (AvgIpc) is 2.66. The minimum Gasteiger partial charge on any atom is -0.212 e. The Balaban J connectivity index is 2.52. The highest BCUT2D eigenvalue weighted by molar-refractivity contribution is 7.89. The minimum absolute atomic E-state index is 0.0335. The van der Waals surface area contributed by atoms with E-state index in [2.05, 4.69) is 0 Å². The topological polar surface area (TPSA) is 37.4 Å². The first-order chi connectivity index (χ1) is 6.94. The van der Waals surface area contributed by atoms with Crippen LogP contribution in [-0.4, -0.2) is 36.9 Å². The summed E-state index contributed by atoms with van der Waals surface area (Å²) in [5, 5.41) is -0.112. The molecule has 90 valence electrons. The van der Waals surface area contributed by atoms with E-state index in [-0.39, 0.29) is 10.6 Å². The maximum Gasteiger partial charge on any atom is 0.216 e. The van der Waals surface area contributed by atoms with Gasteiger partial charge in [-0.1, -0.05) is 12.8 Å². The summed E-state index contributed by atoms with van der Waals surface area (Å²) >= 11 is 5.81. The normalized spacial score (nSPS) is 21.1. The van der Waals surface area contributed by atoms with E-state index in [0.29, 0.717) is 13.0 Å². The molecular formula is C10H20ClNO2S. The van der Waals surface area contributed by atoms with E-state index >= 15 is 0 Å². The van der Waals surface area contributed by atoms with Crippen LogP contribution in [0.5, 0.6) is 0 Å². The van der Waals surface area contributed by atoms with Gasteiger partial charge in [-0.05, 0) is 26.2 Å². The van der Waals surface area contributed by atoms with Gasteiger partial charge in [0.05, 0.1) is 5.25 Å². The van der Waals surface area contributed by atoms with Crippen LogP contribution in [0.4, 0.5) is 0 Å². The standard InChI is InChI=1S/C10H20ClNO2S/c1-9(11)7-8-12(2)15(13,14)10-5-3-4-6-10/h9-10H,3-8H2,1-2H3. The van der Waals surface area contributed by atoms with E-state index in [1.165, 1.54) is 4.31 Å². The molecule has 1 unspecified atom stereocenters. The van der Waals surface area contributed by atoms with Crippen molar-refractivity contribution in [1.29, 1.82) is 0 Å². The molecule has 0 radical (unpaired) electrons. The molecule has 1 aliphatic carbocycles. The van der Waals surface area contributed by atoms with Crippen LogP contribution < -0.4 is 0 Å². The van der Waals surface area contributed by atoms with E-state index in [1.807, 2.05) is 6.92 Å². The summed E-state index contributed by atoms with van der Waals surface area (Å²) in [6.45, 7) is 2.42. The lowest BCUT2D eigenvalue weighted by Crippen LogP contribution is -2.35. The van der Waals surface area contributed by atoms with Gasteiger partial charge in [0, 0.05) is 19.0 Å². The van der Waals surface area contributed by atoms with E-state index in [0.717, 1.165) is 25.7 Å². The molecule has 5 heteroatoms. The van der Waals surface area contributed by atoms with Crippen molar-refractivity contribution in [2.45, 2.75) is 49.7 Å². The minimum atomic E-state index is -3.06. The number of halogens is 1. The number of hydrogen-bond donors (Lipinski definition) is 0. The van der Waals surface area contributed by atoms with Crippen molar-refractivity contribution < 1.29 is 8.42 Å². The van der Waals surface area contributed by atoms with Crippen LogP contribution in [0.15, 0.2) is 0 Å². The summed E-state index contributed by atoms with van der Waals surface area (Å²) in [5.74, 6) is 0. The molecule has 0 aromatic carbocycles. The van der Waals surface area contributed by atoms with E-state index in [4.69, 9.17) is 11.6 Å². The Morgan fingerprint density at radius 3 is 2.40 bits per heavy atom. The van der Waals surface area contributed by atoms with Crippen LogP contribution in [-0.2, 0) is 10.0 Å². The number of sulfonamides is 1. The molecule has 1 rings (SSSR count). The molecule has 0 aromatic rings. The van der Waals surface area contributed by atoms with Crippen LogP contribution in [0.25, 0.3) is 0 Å². The molecule has 0 bridgehead atoms. The van der Waals surface area contributed by atoms with Crippen LogP contribution in [0, 0.1) is 0 Å². The fourth-order valence-corrected chi connectivity index (χ4v) is 3.82. The Hall–Kier alpha value is 0.200. The highest BCUT2D eigenvalue weighted by Gasteiger charge is 2.31. The maximum atomic E-state index is 12.0. The Labute approximate surface area is 97.8 Å². The molecule has 1 fully saturated rings. The molecule has 1 aliphatic rings. The summed E-state index contributed by atoms with van der Waals surface area (Å²) in [6.07, 6.45) is 4.45. The van der Waals surface area contributed by atoms with E-state index in [1.54, 1.807) is 7.05 Å². The zero-order valence-corrected chi connectivity index (χ0v) is 11.0. The molecule has 0 aliphatic heterocycles. The Bertz CT molecular complexity index is 284. The molecule has 1 atom stereocenters. The third-order valence-electron chi connectivity index (χ3n) is 3.00. The van der Waals surface area contributed by atoms with Crippen molar-refractivity contribution in [2.24, 2.45) is 0 Å². The number of alkyl halides is 1. The molecule has 0 N–H and O–H groups in total. The predicted octanol–water partition coefficient (Wildman–Crippen LogP) is 2.21. The van der Waals surface area contributed by atoms with Gasteiger partial charge in [0.1, 0.15) is 0 Å². The van der Waals surface area contributed by atoms with Crippen molar-refractivity contribution in [1.82, 2.24) is 4.31 Å². The van der Waals surface area contributed by atoms with Crippen molar-refractivity contribution in [3.05, 3.63) is 0 Å². The van der Waals surface area contributed by atoms with Gasteiger partial charge in [-0.25, -0.2) is 12.7 Å². The highest BCUT2D eigenvalue weighted by Crippen LogP contribution is 2.26. The molecule has 0 spiro atoms. The highest BCUT2D eigenvalue weighted by atomic mass is 35.5. The summed E-state index contributed by atoms with van der Waals surface area (Å²) in [4.78, 5) is 0. The first kappa shape index (κ1) is 13.3. The summed E-state index contributed by atoms with van der Waals surface area (Å²) < 4.78 is 25.5. The molecule has 0 amide bonds. The smallest absolute Gasteiger partial charge is 0.212 e. The number of rotatable bonds is 5. The number of hydrogen-bond acceptors (Lipinski definition) is 2. The zero-order chi connectivity index (χ0) is 11.5. The molecule has 3 nitrogen and oxygen atoms in total. The second kappa shape index (κ2) is 5.51. The monoisotopic (exact) mass is 253 g/mol. The molecule has 0 saturated heterocycles. The lowest BCUT2D eigenvalue weighted by molar-refractivity contribution is 0.450. The van der Waals surface area contributed by atoms with Gasteiger partial charge in [-0.3, -0.25) is 0 Å².